The minimum Gasteiger partial charge on any atom is -0.383 e. The van der Waals surface area contributed by atoms with Crippen molar-refractivity contribution in [3.8, 4) is 0 Å². The molecule has 0 aliphatic heterocycles. The summed E-state index contributed by atoms with van der Waals surface area (Å²) in [5.41, 5.74) is 9.83. The lowest BCUT2D eigenvalue weighted by molar-refractivity contribution is -0.118. The molecule has 1 rings (SSSR count). The number of aromatic nitrogens is 2. The first-order valence-corrected chi connectivity index (χ1v) is 8.64. The molecule has 0 atom stereocenters. The van der Waals surface area contributed by atoms with Gasteiger partial charge in [0.05, 0.1) is 6.54 Å². The number of nitrogens with zero attached hydrogens (tertiary/aromatic N) is 2. The number of urea groups is 1. The van der Waals surface area contributed by atoms with Crippen LogP contribution >= 0.6 is 0 Å². The Labute approximate surface area is 151 Å². The molecule has 0 saturated heterocycles. The maximum Gasteiger partial charge on any atom is 0.330 e. The van der Waals surface area contributed by atoms with Crippen LogP contribution < -0.4 is 32.9 Å². The van der Waals surface area contributed by atoms with E-state index in [1.54, 1.807) is 0 Å². The van der Waals surface area contributed by atoms with Crippen LogP contribution in [0.25, 0.3) is 0 Å². The summed E-state index contributed by atoms with van der Waals surface area (Å²) in [6, 6.07) is -0.978. The second kappa shape index (κ2) is 9.64. The van der Waals surface area contributed by atoms with Gasteiger partial charge in [0.15, 0.2) is 0 Å². The van der Waals surface area contributed by atoms with Crippen LogP contribution in [0.4, 0.5) is 16.3 Å². The van der Waals surface area contributed by atoms with E-state index in [1.807, 2.05) is 26.1 Å². The molecule has 6 N–H and O–H groups in total. The third kappa shape index (κ3) is 5.94. The molecule has 146 valence electrons. The van der Waals surface area contributed by atoms with Crippen molar-refractivity contribution in [1.82, 2.24) is 14.9 Å². The fourth-order valence-corrected chi connectivity index (χ4v) is 2.46. The molecule has 0 radical (unpaired) electrons. The molecule has 0 unspecified atom stereocenters. The van der Waals surface area contributed by atoms with Crippen molar-refractivity contribution in [3.05, 3.63) is 20.8 Å². The topological polar surface area (TPSA) is 156 Å². The van der Waals surface area contributed by atoms with E-state index in [4.69, 9.17) is 11.5 Å². The van der Waals surface area contributed by atoms with Crippen molar-refractivity contribution in [2.45, 2.75) is 46.6 Å². The molecule has 3 amide bonds. The molecule has 1 heterocycles. The number of amides is 3. The fraction of sp³-hybridized carbons (Fsp3) is 0.625. The number of H-pyrrole nitrogens is 1. The molecule has 0 saturated carbocycles. The number of rotatable bonds is 9. The molecule has 26 heavy (non-hydrogen) atoms. The number of hydrogen-bond donors (Lipinski definition) is 4. The van der Waals surface area contributed by atoms with Gasteiger partial charge in [0.2, 0.25) is 5.91 Å². The van der Waals surface area contributed by atoms with Crippen LogP contribution in [0.1, 0.15) is 40.0 Å². The highest BCUT2D eigenvalue weighted by molar-refractivity contribution is 5.96. The van der Waals surface area contributed by atoms with Crippen molar-refractivity contribution in [2.24, 2.45) is 11.7 Å². The van der Waals surface area contributed by atoms with Crippen LogP contribution in [-0.4, -0.2) is 34.6 Å². The van der Waals surface area contributed by atoms with Crippen molar-refractivity contribution in [1.29, 1.82) is 0 Å². The van der Waals surface area contributed by atoms with E-state index in [-0.39, 0.29) is 18.1 Å². The van der Waals surface area contributed by atoms with E-state index in [1.165, 1.54) is 9.47 Å². The fourth-order valence-electron chi connectivity index (χ4n) is 2.46. The summed E-state index contributed by atoms with van der Waals surface area (Å²) < 4.78 is 1.29. The summed E-state index contributed by atoms with van der Waals surface area (Å²) in [7, 11) is 0. The zero-order chi connectivity index (χ0) is 19.9. The Morgan fingerprint density at radius 3 is 2.50 bits per heavy atom. The molecule has 0 spiro atoms. The van der Waals surface area contributed by atoms with E-state index in [2.05, 4.69) is 4.98 Å². The second-order valence-electron chi connectivity index (χ2n) is 6.51. The van der Waals surface area contributed by atoms with Crippen LogP contribution in [0.5, 0.6) is 0 Å². The molecule has 0 aliphatic carbocycles. The van der Waals surface area contributed by atoms with E-state index >= 15 is 0 Å². The van der Waals surface area contributed by atoms with Crippen molar-refractivity contribution >= 4 is 23.4 Å². The van der Waals surface area contributed by atoms with Crippen LogP contribution in [0.15, 0.2) is 9.59 Å². The molecule has 0 aromatic carbocycles. The number of aromatic amines is 1. The van der Waals surface area contributed by atoms with Gasteiger partial charge in [0, 0.05) is 13.1 Å². The van der Waals surface area contributed by atoms with Gasteiger partial charge in [-0.15, -0.1) is 0 Å². The summed E-state index contributed by atoms with van der Waals surface area (Å²) in [6.45, 7) is 6.39. The SMILES string of the molecule is CCCCn1c(N)c(N(CCC(C)C)CC(=O)NC(N)=O)c(=O)[nH]c1=O. The molecule has 0 aliphatic rings. The van der Waals surface area contributed by atoms with Crippen LogP contribution in [0, 0.1) is 5.92 Å². The number of nitrogens with one attached hydrogen (secondary N) is 2. The number of imide groups is 1. The first-order valence-electron chi connectivity index (χ1n) is 8.64. The lowest BCUT2D eigenvalue weighted by atomic mass is 10.1. The number of unbranched alkanes of at least 4 members (excludes halogenated alkanes) is 1. The first kappa shape index (κ1) is 21.3. The van der Waals surface area contributed by atoms with Gasteiger partial charge >= 0.3 is 11.7 Å². The zero-order valence-electron chi connectivity index (χ0n) is 15.5. The zero-order valence-corrected chi connectivity index (χ0v) is 15.5. The third-order valence-corrected chi connectivity index (χ3v) is 3.84. The van der Waals surface area contributed by atoms with Crippen molar-refractivity contribution < 1.29 is 9.59 Å². The smallest absolute Gasteiger partial charge is 0.330 e. The number of anilines is 2. The molecule has 0 fully saturated rings. The lowest BCUT2D eigenvalue weighted by Crippen LogP contribution is -2.46. The number of nitrogens with two attached hydrogens (primary N) is 2. The summed E-state index contributed by atoms with van der Waals surface area (Å²) in [6.07, 6.45) is 2.24. The highest BCUT2D eigenvalue weighted by atomic mass is 16.2. The Hall–Kier alpha value is -2.78. The number of carbonyl (C=O) groups excluding carboxylic acids is 2. The van der Waals surface area contributed by atoms with E-state index < -0.39 is 23.2 Å². The predicted molar refractivity (Wildman–Crippen MR) is 100 cm³/mol. The van der Waals surface area contributed by atoms with Crippen LogP contribution in [0.3, 0.4) is 0 Å². The number of nitrogen functional groups attached to an aromatic ring is 1. The van der Waals surface area contributed by atoms with E-state index in [0.717, 1.165) is 6.42 Å². The van der Waals surface area contributed by atoms with E-state index in [9.17, 15) is 19.2 Å². The Morgan fingerprint density at radius 2 is 1.96 bits per heavy atom. The summed E-state index contributed by atoms with van der Waals surface area (Å²) in [5.74, 6) is -0.350. The van der Waals surface area contributed by atoms with Crippen LogP contribution in [-0.2, 0) is 11.3 Å². The largest absolute Gasteiger partial charge is 0.383 e. The Bertz CT molecular complexity index is 752. The standard InChI is InChI=1S/C16H28N6O4/c1-4-5-7-22-13(17)12(14(24)20-16(22)26)21(8-6-10(2)3)9-11(23)19-15(18)25/h10H,4-9,17H2,1-3H3,(H,20,24,26)(H3,18,19,23,25). The molecule has 1 aromatic heterocycles. The Morgan fingerprint density at radius 1 is 1.31 bits per heavy atom. The highest BCUT2D eigenvalue weighted by Crippen LogP contribution is 2.18. The highest BCUT2D eigenvalue weighted by Gasteiger charge is 2.21. The monoisotopic (exact) mass is 368 g/mol. The minimum atomic E-state index is -0.978. The number of primary amides is 1. The van der Waals surface area contributed by atoms with Gasteiger partial charge in [0.25, 0.3) is 5.56 Å². The molecular weight excluding hydrogens is 340 g/mol. The van der Waals surface area contributed by atoms with Crippen LogP contribution in [0.2, 0.25) is 0 Å². The van der Waals surface area contributed by atoms with Gasteiger partial charge in [-0.05, 0) is 18.8 Å². The van der Waals surface area contributed by atoms with Gasteiger partial charge in [0.1, 0.15) is 11.5 Å². The summed E-state index contributed by atoms with van der Waals surface area (Å²) in [4.78, 5) is 51.0. The average molecular weight is 368 g/mol. The van der Waals surface area contributed by atoms with Crippen molar-refractivity contribution in [2.75, 3.05) is 23.7 Å². The van der Waals surface area contributed by atoms with Gasteiger partial charge in [-0.1, -0.05) is 27.2 Å². The Kier molecular flexibility index (Phi) is 7.88. The second-order valence-corrected chi connectivity index (χ2v) is 6.51. The van der Waals surface area contributed by atoms with Crippen molar-refractivity contribution in [3.63, 3.8) is 0 Å². The quantitative estimate of drug-likeness (QED) is 0.479. The number of carbonyl (C=O) groups is 2. The maximum atomic E-state index is 12.4. The normalized spacial score (nSPS) is 10.8. The minimum absolute atomic E-state index is 0.00262. The third-order valence-electron chi connectivity index (χ3n) is 3.84. The predicted octanol–water partition coefficient (Wildman–Crippen LogP) is -0.0337. The Balaban J connectivity index is 3.30. The summed E-state index contributed by atoms with van der Waals surface area (Å²) in [5, 5.41) is 1.97. The molecular formula is C16H28N6O4. The lowest BCUT2D eigenvalue weighted by Gasteiger charge is -2.26. The maximum absolute atomic E-state index is 12.4. The van der Waals surface area contributed by atoms with Gasteiger partial charge in [-0.2, -0.15) is 0 Å². The van der Waals surface area contributed by atoms with Gasteiger partial charge in [-0.25, -0.2) is 9.59 Å². The van der Waals surface area contributed by atoms with E-state index in [0.29, 0.717) is 31.8 Å². The van der Waals surface area contributed by atoms with Gasteiger partial charge in [-0.3, -0.25) is 24.5 Å². The molecule has 10 nitrogen and oxygen atoms in total. The first-order chi connectivity index (χ1) is 12.2. The molecule has 0 bridgehead atoms. The average Bonchev–Trinajstić information content (AvgIpc) is 2.51. The molecule has 1 aromatic rings. The number of hydrogen-bond acceptors (Lipinski definition) is 6. The summed E-state index contributed by atoms with van der Waals surface area (Å²) >= 11 is 0. The molecule has 10 heteroatoms. The van der Waals surface area contributed by atoms with Gasteiger partial charge < -0.3 is 16.4 Å².